The summed E-state index contributed by atoms with van der Waals surface area (Å²) in [5.41, 5.74) is 1.90. The van der Waals surface area contributed by atoms with Crippen molar-refractivity contribution in [2.45, 2.75) is 53.5 Å². The zero-order valence-electron chi connectivity index (χ0n) is 13.8. The molecule has 0 N–H and O–H groups in total. The standard InChI is InChI=1S/C16H26N4O/c1-12(2)7-10-19(9-6-8-17)16(21)15(5)20-14(4)11-13(3)18-20/h11-12,15H,6-7,9-10H2,1-5H3. The second-order valence-corrected chi connectivity index (χ2v) is 5.96. The van der Waals surface area contributed by atoms with Gasteiger partial charge in [-0.05, 0) is 39.2 Å². The maximum atomic E-state index is 12.7. The van der Waals surface area contributed by atoms with E-state index in [1.807, 2.05) is 26.8 Å². The van der Waals surface area contributed by atoms with Crippen LogP contribution in [0, 0.1) is 31.1 Å². The average Bonchev–Trinajstić information content (AvgIpc) is 2.76. The van der Waals surface area contributed by atoms with Gasteiger partial charge in [-0.1, -0.05) is 13.8 Å². The smallest absolute Gasteiger partial charge is 0.247 e. The van der Waals surface area contributed by atoms with Gasteiger partial charge in [0.05, 0.1) is 18.2 Å². The summed E-state index contributed by atoms with van der Waals surface area (Å²) in [6, 6.07) is 3.76. The Labute approximate surface area is 127 Å². The van der Waals surface area contributed by atoms with Gasteiger partial charge in [0.1, 0.15) is 6.04 Å². The van der Waals surface area contributed by atoms with E-state index in [1.54, 1.807) is 9.58 Å². The molecule has 1 amide bonds. The van der Waals surface area contributed by atoms with Gasteiger partial charge in [0, 0.05) is 18.8 Å². The minimum absolute atomic E-state index is 0.0390. The molecule has 1 atom stereocenters. The number of hydrogen-bond acceptors (Lipinski definition) is 3. The maximum absolute atomic E-state index is 12.7. The topological polar surface area (TPSA) is 61.9 Å². The Morgan fingerprint density at radius 3 is 2.52 bits per heavy atom. The van der Waals surface area contributed by atoms with Crippen molar-refractivity contribution >= 4 is 5.91 Å². The van der Waals surface area contributed by atoms with Crippen molar-refractivity contribution in [3.8, 4) is 6.07 Å². The van der Waals surface area contributed by atoms with Crippen LogP contribution >= 0.6 is 0 Å². The number of aryl methyl sites for hydroxylation is 2. The predicted molar refractivity (Wildman–Crippen MR) is 82.7 cm³/mol. The first kappa shape index (κ1) is 17.2. The summed E-state index contributed by atoms with van der Waals surface area (Å²) >= 11 is 0. The van der Waals surface area contributed by atoms with Crippen molar-refractivity contribution in [1.82, 2.24) is 14.7 Å². The van der Waals surface area contributed by atoms with Crippen LogP contribution in [0.5, 0.6) is 0 Å². The molecule has 0 aliphatic rings. The molecule has 5 nitrogen and oxygen atoms in total. The predicted octanol–water partition coefficient (Wildman–Crippen LogP) is 2.85. The number of carbonyl (C=O) groups is 1. The highest BCUT2D eigenvalue weighted by atomic mass is 16.2. The molecule has 1 unspecified atom stereocenters. The molecule has 1 aromatic rings. The SMILES string of the molecule is Cc1cc(C)n(C(C)C(=O)N(CCC#N)CCC(C)C)n1. The molecule has 1 aromatic heterocycles. The quantitative estimate of drug-likeness (QED) is 0.775. The molecule has 0 saturated heterocycles. The van der Waals surface area contributed by atoms with E-state index in [0.29, 0.717) is 25.4 Å². The zero-order valence-corrected chi connectivity index (χ0v) is 13.8. The fourth-order valence-electron chi connectivity index (χ4n) is 2.34. The van der Waals surface area contributed by atoms with Crippen molar-refractivity contribution in [3.05, 3.63) is 17.5 Å². The van der Waals surface area contributed by atoms with Crippen LogP contribution in [0.4, 0.5) is 0 Å². The molecule has 0 radical (unpaired) electrons. The van der Waals surface area contributed by atoms with Crippen molar-refractivity contribution < 1.29 is 4.79 Å². The van der Waals surface area contributed by atoms with E-state index < -0.39 is 0 Å². The molecular formula is C16H26N4O. The fraction of sp³-hybridized carbons (Fsp3) is 0.688. The van der Waals surface area contributed by atoms with E-state index in [-0.39, 0.29) is 11.9 Å². The molecule has 0 bridgehead atoms. The lowest BCUT2D eigenvalue weighted by atomic mass is 10.1. The lowest BCUT2D eigenvalue weighted by Gasteiger charge is -2.26. The molecule has 1 heterocycles. The van der Waals surface area contributed by atoms with E-state index in [0.717, 1.165) is 17.8 Å². The molecule has 0 spiro atoms. The third kappa shape index (κ3) is 4.89. The highest BCUT2D eigenvalue weighted by molar-refractivity contribution is 5.80. The molecule has 0 fully saturated rings. The minimum Gasteiger partial charge on any atom is -0.340 e. The zero-order chi connectivity index (χ0) is 16.0. The highest BCUT2D eigenvalue weighted by Gasteiger charge is 2.23. The summed E-state index contributed by atoms with van der Waals surface area (Å²) in [5, 5.41) is 13.2. The van der Waals surface area contributed by atoms with E-state index >= 15 is 0 Å². The Morgan fingerprint density at radius 1 is 1.38 bits per heavy atom. The number of carbonyl (C=O) groups excluding carboxylic acids is 1. The third-order valence-electron chi connectivity index (χ3n) is 3.55. The first-order valence-corrected chi connectivity index (χ1v) is 7.55. The summed E-state index contributed by atoms with van der Waals surface area (Å²) < 4.78 is 1.77. The summed E-state index contributed by atoms with van der Waals surface area (Å²) in [4.78, 5) is 14.5. The van der Waals surface area contributed by atoms with Crippen molar-refractivity contribution in [1.29, 1.82) is 5.26 Å². The minimum atomic E-state index is -0.329. The highest BCUT2D eigenvalue weighted by Crippen LogP contribution is 2.15. The first-order valence-electron chi connectivity index (χ1n) is 7.55. The van der Waals surface area contributed by atoms with Gasteiger partial charge in [-0.3, -0.25) is 9.48 Å². The number of rotatable bonds is 7. The van der Waals surface area contributed by atoms with E-state index in [2.05, 4.69) is 25.0 Å². The van der Waals surface area contributed by atoms with Crippen LogP contribution in [-0.2, 0) is 4.79 Å². The van der Waals surface area contributed by atoms with Gasteiger partial charge < -0.3 is 4.90 Å². The van der Waals surface area contributed by atoms with E-state index in [9.17, 15) is 4.79 Å². The van der Waals surface area contributed by atoms with Crippen LogP contribution in [0.3, 0.4) is 0 Å². The Kier molecular flexibility index (Phi) is 6.41. The van der Waals surface area contributed by atoms with Crippen LogP contribution < -0.4 is 0 Å². The Bertz CT molecular complexity index is 513. The molecule has 1 rings (SSSR count). The van der Waals surface area contributed by atoms with Crippen LogP contribution in [0.2, 0.25) is 0 Å². The van der Waals surface area contributed by atoms with Crippen molar-refractivity contribution in [2.75, 3.05) is 13.1 Å². The molecule has 0 saturated carbocycles. The average molecular weight is 290 g/mol. The molecule has 0 aliphatic heterocycles. The molecule has 5 heteroatoms. The summed E-state index contributed by atoms with van der Waals surface area (Å²) in [6.45, 7) is 11.2. The van der Waals surface area contributed by atoms with Gasteiger partial charge >= 0.3 is 0 Å². The van der Waals surface area contributed by atoms with Gasteiger partial charge in [0.2, 0.25) is 5.91 Å². The molecule has 116 valence electrons. The molecular weight excluding hydrogens is 264 g/mol. The number of amides is 1. The lowest BCUT2D eigenvalue weighted by molar-refractivity contribution is -0.134. The van der Waals surface area contributed by atoms with E-state index in [1.165, 1.54) is 0 Å². The third-order valence-corrected chi connectivity index (χ3v) is 3.55. The Balaban J connectivity index is 2.82. The van der Waals surface area contributed by atoms with Gasteiger partial charge in [0.15, 0.2) is 0 Å². The summed E-state index contributed by atoms with van der Waals surface area (Å²) in [5.74, 6) is 0.573. The Morgan fingerprint density at radius 2 is 2.05 bits per heavy atom. The fourth-order valence-corrected chi connectivity index (χ4v) is 2.34. The van der Waals surface area contributed by atoms with Crippen LogP contribution in [-0.4, -0.2) is 33.7 Å². The summed E-state index contributed by atoms with van der Waals surface area (Å²) in [7, 11) is 0. The summed E-state index contributed by atoms with van der Waals surface area (Å²) in [6.07, 6.45) is 1.31. The number of hydrogen-bond donors (Lipinski definition) is 0. The van der Waals surface area contributed by atoms with Gasteiger partial charge in [-0.25, -0.2) is 0 Å². The largest absolute Gasteiger partial charge is 0.340 e. The molecule has 21 heavy (non-hydrogen) atoms. The first-order chi connectivity index (χ1) is 9.86. The molecule has 0 aliphatic carbocycles. The normalized spacial score (nSPS) is 12.2. The maximum Gasteiger partial charge on any atom is 0.247 e. The van der Waals surface area contributed by atoms with Gasteiger partial charge in [-0.15, -0.1) is 0 Å². The number of nitriles is 1. The molecule has 0 aromatic carbocycles. The Hall–Kier alpha value is -1.83. The van der Waals surface area contributed by atoms with Gasteiger partial charge in [-0.2, -0.15) is 10.4 Å². The van der Waals surface area contributed by atoms with E-state index in [4.69, 9.17) is 5.26 Å². The van der Waals surface area contributed by atoms with Crippen molar-refractivity contribution in [3.63, 3.8) is 0 Å². The van der Waals surface area contributed by atoms with Crippen molar-refractivity contribution in [2.24, 2.45) is 5.92 Å². The number of nitrogens with zero attached hydrogens (tertiary/aromatic N) is 4. The van der Waals surface area contributed by atoms with Crippen LogP contribution in [0.15, 0.2) is 6.07 Å². The lowest BCUT2D eigenvalue weighted by Crippen LogP contribution is -2.38. The second-order valence-electron chi connectivity index (χ2n) is 5.96. The second kappa shape index (κ2) is 7.82. The van der Waals surface area contributed by atoms with Crippen LogP contribution in [0.1, 0.15) is 51.0 Å². The van der Waals surface area contributed by atoms with Crippen LogP contribution in [0.25, 0.3) is 0 Å². The monoisotopic (exact) mass is 290 g/mol. The van der Waals surface area contributed by atoms with Gasteiger partial charge in [0.25, 0.3) is 0 Å². The number of aromatic nitrogens is 2.